The van der Waals surface area contributed by atoms with Crippen molar-refractivity contribution in [3.63, 3.8) is 0 Å². The van der Waals surface area contributed by atoms with Crippen molar-refractivity contribution < 1.29 is 9.21 Å². The van der Waals surface area contributed by atoms with E-state index in [0.717, 1.165) is 26.9 Å². The summed E-state index contributed by atoms with van der Waals surface area (Å²) in [6.07, 6.45) is 1.67. The van der Waals surface area contributed by atoms with Gasteiger partial charge in [-0.1, -0.05) is 45.9 Å². The summed E-state index contributed by atoms with van der Waals surface area (Å²) in [5.74, 6) is 0.835. The zero-order chi connectivity index (χ0) is 17.8. The Labute approximate surface area is 159 Å². The molecule has 0 aliphatic rings. The molecule has 1 amide bonds. The molecule has 0 fully saturated rings. The molecule has 3 aromatic rings. The first-order valence-corrected chi connectivity index (χ1v) is 9.50. The molecule has 0 unspecified atom stereocenters. The van der Waals surface area contributed by atoms with Gasteiger partial charge in [-0.15, -0.1) is 0 Å². The van der Waals surface area contributed by atoms with Crippen LogP contribution in [0.3, 0.4) is 0 Å². The quantitative estimate of drug-likeness (QED) is 0.561. The lowest BCUT2D eigenvalue weighted by atomic mass is 10.1. The summed E-state index contributed by atoms with van der Waals surface area (Å²) in [6.45, 7) is 4.02. The van der Waals surface area contributed by atoms with Crippen LogP contribution in [0, 0.1) is 13.8 Å². The lowest BCUT2D eigenvalue weighted by Crippen LogP contribution is -2.14. The molecule has 0 bridgehead atoms. The number of aryl methyl sites for hydroxylation is 2. The van der Waals surface area contributed by atoms with Crippen molar-refractivity contribution in [2.75, 3.05) is 11.1 Å². The molecule has 0 atom stereocenters. The van der Waals surface area contributed by atoms with E-state index in [1.165, 1.54) is 11.8 Å². The number of hydrogen-bond donors (Lipinski definition) is 1. The molecule has 1 N–H and O–H groups in total. The SMILES string of the molecule is Cc1cc(C)cc(NC(=O)CSc2ncc(-c3cccc(Br)c3)o2)c1. The Kier molecular flexibility index (Phi) is 5.60. The molecule has 1 heterocycles. The van der Waals surface area contributed by atoms with E-state index in [1.54, 1.807) is 6.20 Å². The van der Waals surface area contributed by atoms with E-state index in [1.807, 2.05) is 50.2 Å². The Hall–Kier alpha value is -2.05. The molecule has 6 heteroatoms. The van der Waals surface area contributed by atoms with Gasteiger partial charge in [0.1, 0.15) is 0 Å². The highest BCUT2D eigenvalue weighted by Crippen LogP contribution is 2.27. The van der Waals surface area contributed by atoms with Gasteiger partial charge in [0.15, 0.2) is 5.76 Å². The van der Waals surface area contributed by atoms with Crippen LogP contribution in [0.15, 0.2) is 62.8 Å². The van der Waals surface area contributed by atoms with Crippen molar-refractivity contribution in [3.05, 3.63) is 64.3 Å². The third-order valence-electron chi connectivity index (χ3n) is 3.43. The first-order valence-electron chi connectivity index (χ1n) is 7.72. The zero-order valence-electron chi connectivity index (χ0n) is 13.9. The molecule has 0 aliphatic carbocycles. The molecule has 0 aliphatic heterocycles. The molecule has 128 valence electrons. The molecule has 3 rings (SSSR count). The molecular weight excluding hydrogens is 400 g/mol. The number of nitrogens with zero attached hydrogens (tertiary/aromatic N) is 1. The molecule has 0 saturated carbocycles. The number of anilines is 1. The van der Waals surface area contributed by atoms with Gasteiger partial charge in [0.2, 0.25) is 5.91 Å². The monoisotopic (exact) mass is 416 g/mol. The Morgan fingerprint density at radius 2 is 1.96 bits per heavy atom. The second-order valence-electron chi connectivity index (χ2n) is 5.71. The maximum atomic E-state index is 12.1. The van der Waals surface area contributed by atoms with Crippen LogP contribution in [0.4, 0.5) is 5.69 Å². The summed E-state index contributed by atoms with van der Waals surface area (Å²) in [7, 11) is 0. The smallest absolute Gasteiger partial charge is 0.256 e. The lowest BCUT2D eigenvalue weighted by Gasteiger charge is -2.06. The molecule has 4 nitrogen and oxygen atoms in total. The van der Waals surface area contributed by atoms with Gasteiger partial charge in [0.05, 0.1) is 11.9 Å². The highest BCUT2D eigenvalue weighted by molar-refractivity contribution is 9.10. The summed E-state index contributed by atoms with van der Waals surface area (Å²) in [4.78, 5) is 16.4. The normalized spacial score (nSPS) is 10.7. The minimum atomic E-state index is -0.0859. The Morgan fingerprint density at radius 1 is 1.20 bits per heavy atom. The van der Waals surface area contributed by atoms with Crippen LogP contribution in [0.25, 0.3) is 11.3 Å². The number of rotatable bonds is 5. The van der Waals surface area contributed by atoms with E-state index >= 15 is 0 Å². The van der Waals surface area contributed by atoms with E-state index < -0.39 is 0 Å². The number of nitrogens with one attached hydrogen (secondary N) is 1. The molecular formula is C19H17BrN2O2S. The van der Waals surface area contributed by atoms with Gasteiger partial charge in [0.25, 0.3) is 5.22 Å². The molecule has 0 radical (unpaired) electrons. The fraction of sp³-hybridized carbons (Fsp3) is 0.158. The number of carbonyl (C=O) groups is 1. The molecule has 0 spiro atoms. The molecule has 25 heavy (non-hydrogen) atoms. The summed E-state index contributed by atoms with van der Waals surface area (Å²) in [5.41, 5.74) is 3.99. The van der Waals surface area contributed by atoms with Crippen LogP contribution in [0.5, 0.6) is 0 Å². The predicted molar refractivity (Wildman–Crippen MR) is 105 cm³/mol. The van der Waals surface area contributed by atoms with E-state index in [0.29, 0.717) is 11.0 Å². The van der Waals surface area contributed by atoms with E-state index in [9.17, 15) is 4.79 Å². The first-order chi connectivity index (χ1) is 12.0. The number of thioether (sulfide) groups is 1. The minimum Gasteiger partial charge on any atom is -0.431 e. The van der Waals surface area contributed by atoms with Crippen LogP contribution in [0.2, 0.25) is 0 Å². The topological polar surface area (TPSA) is 55.1 Å². The number of amides is 1. The number of benzene rings is 2. The Bertz CT molecular complexity index is 888. The van der Waals surface area contributed by atoms with E-state index in [-0.39, 0.29) is 11.7 Å². The highest BCUT2D eigenvalue weighted by Gasteiger charge is 2.10. The van der Waals surface area contributed by atoms with Crippen molar-refractivity contribution in [2.24, 2.45) is 0 Å². The maximum Gasteiger partial charge on any atom is 0.256 e. The molecule has 0 saturated heterocycles. The Morgan fingerprint density at radius 3 is 2.68 bits per heavy atom. The first kappa shape index (κ1) is 17.8. The highest BCUT2D eigenvalue weighted by atomic mass is 79.9. The van der Waals surface area contributed by atoms with Crippen molar-refractivity contribution >= 4 is 39.3 Å². The molecule has 2 aromatic carbocycles. The fourth-order valence-corrected chi connectivity index (χ4v) is 3.47. The van der Waals surface area contributed by atoms with Gasteiger partial charge in [-0.05, 0) is 49.2 Å². The number of carbonyl (C=O) groups excluding carboxylic acids is 1. The van der Waals surface area contributed by atoms with E-state index in [2.05, 4.69) is 32.3 Å². The van der Waals surface area contributed by atoms with Gasteiger partial charge in [-0.2, -0.15) is 0 Å². The maximum absolute atomic E-state index is 12.1. The van der Waals surface area contributed by atoms with Crippen LogP contribution in [-0.2, 0) is 4.79 Å². The standard InChI is InChI=1S/C19H17BrN2O2S/c1-12-6-13(2)8-16(7-12)22-18(23)11-25-19-21-10-17(24-19)14-4-3-5-15(20)9-14/h3-10H,11H2,1-2H3,(H,22,23). The van der Waals surface area contributed by atoms with Gasteiger partial charge >= 0.3 is 0 Å². The number of halogens is 1. The van der Waals surface area contributed by atoms with Gasteiger partial charge in [-0.3, -0.25) is 4.79 Å². The average Bonchev–Trinajstić information content (AvgIpc) is 3.01. The third-order valence-corrected chi connectivity index (χ3v) is 4.76. The minimum absolute atomic E-state index is 0.0859. The van der Waals surface area contributed by atoms with Crippen LogP contribution >= 0.6 is 27.7 Å². The summed E-state index contributed by atoms with van der Waals surface area (Å²) in [6, 6.07) is 13.8. The zero-order valence-corrected chi connectivity index (χ0v) is 16.3. The van der Waals surface area contributed by atoms with Crippen LogP contribution < -0.4 is 5.32 Å². The fourth-order valence-electron chi connectivity index (χ4n) is 2.47. The lowest BCUT2D eigenvalue weighted by molar-refractivity contribution is -0.113. The number of aromatic nitrogens is 1. The van der Waals surface area contributed by atoms with Gasteiger partial charge in [0, 0.05) is 15.7 Å². The van der Waals surface area contributed by atoms with Gasteiger partial charge in [-0.25, -0.2) is 4.98 Å². The Balaban J connectivity index is 1.59. The second kappa shape index (κ2) is 7.89. The third kappa shape index (κ3) is 4.96. The summed E-state index contributed by atoms with van der Waals surface area (Å²) < 4.78 is 6.69. The van der Waals surface area contributed by atoms with E-state index in [4.69, 9.17) is 4.42 Å². The summed E-state index contributed by atoms with van der Waals surface area (Å²) >= 11 is 4.71. The van der Waals surface area contributed by atoms with Crippen molar-refractivity contribution in [1.29, 1.82) is 0 Å². The van der Waals surface area contributed by atoms with Crippen LogP contribution in [0.1, 0.15) is 11.1 Å². The van der Waals surface area contributed by atoms with Crippen molar-refractivity contribution in [3.8, 4) is 11.3 Å². The van der Waals surface area contributed by atoms with Gasteiger partial charge < -0.3 is 9.73 Å². The molecule has 1 aromatic heterocycles. The average molecular weight is 417 g/mol. The predicted octanol–water partition coefficient (Wildman–Crippen LogP) is 5.45. The van der Waals surface area contributed by atoms with Crippen molar-refractivity contribution in [2.45, 2.75) is 19.1 Å². The largest absolute Gasteiger partial charge is 0.431 e. The number of hydrogen-bond acceptors (Lipinski definition) is 4. The summed E-state index contributed by atoms with van der Waals surface area (Å²) in [5, 5.41) is 3.38. The van der Waals surface area contributed by atoms with Crippen LogP contribution in [-0.4, -0.2) is 16.6 Å². The van der Waals surface area contributed by atoms with Crippen molar-refractivity contribution in [1.82, 2.24) is 4.98 Å². The second-order valence-corrected chi connectivity index (χ2v) is 7.56. The number of oxazole rings is 1.